The highest BCUT2D eigenvalue weighted by Crippen LogP contribution is 2.16. The standard InChI is InChI=1S/C20H29N3O2/c1-14(2)6-5-7-16(4)21-18(24)12-13-19-22-20(23-25-19)17-10-8-15(3)9-11-17/h8-11,14,16H,5-7,12-13H2,1-4H3,(H,21,24). The molecule has 0 radical (unpaired) electrons. The van der Waals surface area contributed by atoms with E-state index >= 15 is 0 Å². The highest BCUT2D eigenvalue weighted by molar-refractivity contribution is 5.76. The molecular formula is C20H29N3O2. The summed E-state index contributed by atoms with van der Waals surface area (Å²) in [6.45, 7) is 8.53. The topological polar surface area (TPSA) is 68.0 Å². The zero-order valence-electron chi connectivity index (χ0n) is 15.7. The predicted molar refractivity (Wildman–Crippen MR) is 99.1 cm³/mol. The number of carbonyl (C=O) groups excluding carboxylic acids is 1. The number of rotatable bonds is 9. The van der Waals surface area contributed by atoms with E-state index in [-0.39, 0.29) is 11.9 Å². The Balaban J connectivity index is 1.75. The van der Waals surface area contributed by atoms with Crippen LogP contribution in [-0.4, -0.2) is 22.1 Å². The molecule has 0 saturated heterocycles. The molecule has 5 heteroatoms. The molecule has 136 valence electrons. The first kappa shape index (κ1) is 19.2. The van der Waals surface area contributed by atoms with Crippen molar-refractivity contribution >= 4 is 5.91 Å². The number of hydrogen-bond donors (Lipinski definition) is 1. The van der Waals surface area contributed by atoms with Crippen molar-refractivity contribution in [3.63, 3.8) is 0 Å². The zero-order chi connectivity index (χ0) is 18.2. The molecule has 0 saturated carbocycles. The maximum Gasteiger partial charge on any atom is 0.227 e. The molecule has 1 aromatic carbocycles. The molecule has 25 heavy (non-hydrogen) atoms. The number of amides is 1. The Morgan fingerprint density at radius 2 is 1.88 bits per heavy atom. The second-order valence-corrected chi connectivity index (χ2v) is 7.17. The van der Waals surface area contributed by atoms with E-state index in [9.17, 15) is 4.79 Å². The van der Waals surface area contributed by atoms with Crippen LogP contribution in [0.1, 0.15) is 57.9 Å². The van der Waals surface area contributed by atoms with Crippen LogP contribution in [0.25, 0.3) is 11.4 Å². The number of nitrogens with zero attached hydrogens (tertiary/aromatic N) is 2. The Morgan fingerprint density at radius 3 is 2.56 bits per heavy atom. The molecule has 1 amide bonds. The van der Waals surface area contributed by atoms with Crippen molar-refractivity contribution in [2.24, 2.45) is 5.92 Å². The van der Waals surface area contributed by atoms with Crippen LogP contribution in [0.2, 0.25) is 0 Å². The minimum Gasteiger partial charge on any atom is -0.354 e. The van der Waals surface area contributed by atoms with Gasteiger partial charge >= 0.3 is 0 Å². The lowest BCUT2D eigenvalue weighted by molar-refractivity contribution is -0.121. The van der Waals surface area contributed by atoms with E-state index in [1.165, 1.54) is 12.0 Å². The second kappa shape index (κ2) is 9.35. The fourth-order valence-corrected chi connectivity index (χ4v) is 2.65. The molecule has 0 aliphatic rings. The SMILES string of the molecule is Cc1ccc(-c2noc(CCC(=O)NC(C)CCCC(C)C)n2)cc1. The Bertz CT molecular complexity index is 662. The largest absolute Gasteiger partial charge is 0.354 e. The Morgan fingerprint density at radius 1 is 1.16 bits per heavy atom. The molecule has 2 rings (SSSR count). The van der Waals surface area contributed by atoms with Crippen LogP contribution in [0.3, 0.4) is 0 Å². The van der Waals surface area contributed by atoms with Crippen molar-refractivity contribution in [3.05, 3.63) is 35.7 Å². The molecule has 1 N–H and O–H groups in total. The first-order valence-corrected chi connectivity index (χ1v) is 9.13. The van der Waals surface area contributed by atoms with Gasteiger partial charge in [-0.25, -0.2) is 0 Å². The van der Waals surface area contributed by atoms with Crippen LogP contribution in [0.15, 0.2) is 28.8 Å². The summed E-state index contributed by atoms with van der Waals surface area (Å²) in [7, 11) is 0. The van der Waals surface area contributed by atoms with Crippen LogP contribution < -0.4 is 5.32 Å². The van der Waals surface area contributed by atoms with Crippen molar-refractivity contribution in [1.82, 2.24) is 15.5 Å². The average Bonchev–Trinajstić information content (AvgIpc) is 3.02. The number of hydrogen-bond acceptors (Lipinski definition) is 4. The zero-order valence-corrected chi connectivity index (χ0v) is 15.7. The van der Waals surface area contributed by atoms with Crippen molar-refractivity contribution in [2.45, 2.75) is 65.8 Å². The molecule has 2 aromatic rings. The molecule has 1 aromatic heterocycles. The maximum atomic E-state index is 12.0. The van der Waals surface area contributed by atoms with Crippen LogP contribution in [0.5, 0.6) is 0 Å². The van der Waals surface area contributed by atoms with Gasteiger partial charge in [0.25, 0.3) is 0 Å². The van der Waals surface area contributed by atoms with E-state index in [2.05, 4.69) is 36.2 Å². The summed E-state index contributed by atoms with van der Waals surface area (Å²) in [6, 6.07) is 8.17. The Hall–Kier alpha value is -2.17. The van der Waals surface area contributed by atoms with E-state index in [1.807, 2.05) is 31.2 Å². The quantitative estimate of drug-likeness (QED) is 0.737. The molecule has 0 aliphatic carbocycles. The number of benzene rings is 1. The lowest BCUT2D eigenvalue weighted by Gasteiger charge is -2.14. The molecule has 0 fully saturated rings. The molecule has 1 atom stereocenters. The minimum atomic E-state index is 0.0344. The van der Waals surface area contributed by atoms with Gasteiger partial charge in [-0.2, -0.15) is 4.98 Å². The minimum absolute atomic E-state index is 0.0344. The van der Waals surface area contributed by atoms with Gasteiger partial charge in [-0.3, -0.25) is 4.79 Å². The first-order chi connectivity index (χ1) is 11.9. The van der Waals surface area contributed by atoms with Crippen molar-refractivity contribution in [2.75, 3.05) is 0 Å². The van der Waals surface area contributed by atoms with Gasteiger partial charge in [-0.15, -0.1) is 0 Å². The highest BCUT2D eigenvalue weighted by atomic mass is 16.5. The van der Waals surface area contributed by atoms with Gasteiger partial charge in [-0.05, 0) is 26.2 Å². The third-order valence-electron chi connectivity index (χ3n) is 4.17. The molecule has 0 spiro atoms. The van der Waals surface area contributed by atoms with Crippen molar-refractivity contribution in [3.8, 4) is 11.4 Å². The molecule has 1 heterocycles. The monoisotopic (exact) mass is 343 g/mol. The highest BCUT2D eigenvalue weighted by Gasteiger charge is 2.12. The third kappa shape index (κ3) is 6.69. The number of carbonyl (C=O) groups is 1. The summed E-state index contributed by atoms with van der Waals surface area (Å²) in [5, 5.41) is 7.03. The van der Waals surface area contributed by atoms with Crippen LogP contribution in [0, 0.1) is 12.8 Å². The average molecular weight is 343 g/mol. The van der Waals surface area contributed by atoms with Gasteiger partial charge in [0, 0.05) is 24.4 Å². The molecule has 1 unspecified atom stereocenters. The van der Waals surface area contributed by atoms with Crippen LogP contribution >= 0.6 is 0 Å². The van der Waals surface area contributed by atoms with Crippen molar-refractivity contribution < 1.29 is 9.32 Å². The van der Waals surface area contributed by atoms with Gasteiger partial charge in [0.05, 0.1) is 0 Å². The Kier molecular flexibility index (Phi) is 7.16. The lowest BCUT2D eigenvalue weighted by atomic mass is 10.0. The fourth-order valence-electron chi connectivity index (χ4n) is 2.65. The summed E-state index contributed by atoms with van der Waals surface area (Å²) < 4.78 is 5.25. The molecular weight excluding hydrogens is 314 g/mol. The van der Waals surface area contributed by atoms with E-state index in [4.69, 9.17) is 4.52 Å². The van der Waals surface area contributed by atoms with Gasteiger partial charge in [0.1, 0.15) is 0 Å². The maximum absolute atomic E-state index is 12.0. The van der Waals surface area contributed by atoms with E-state index < -0.39 is 0 Å². The molecule has 0 aliphatic heterocycles. The van der Waals surface area contributed by atoms with Gasteiger partial charge < -0.3 is 9.84 Å². The van der Waals surface area contributed by atoms with Crippen LogP contribution in [0.4, 0.5) is 0 Å². The normalized spacial score (nSPS) is 12.4. The van der Waals surface area contributed by atoms with Crippen molar-refractivity contribution in [1.29, 1.82) is 0 Å². The Labute approximate surface area is 150 Å². The predicted octanol–water partition coefficient (Wildman–Crippen LogP) is 4.31. The number of aromatic nitrogens is 2. The summed E-state index contributed by atoms with van der Waals surface area (Å²) >= 11 is 0. The third-order valence-corrected chi connectivity index (χ3v) is 4.17. The summed E-state index contributed by atoms with van der Waals surface area (Å²) in [6.07, 6.45) is 4.18. The van der Waals surface area contributed by atoms with E-state index in [0.29, 0.717) is 30.5 Å². The van der Waals surface area contributed by atoms with Gasteiger partial charge in [0.15, 0.2) is 0 Å². The van der Waals surface area contributed by atoms with Crippen LogP contribution in [-0.2, 0) is 11.2 Å². The number of nitrogens with one attached hydrogen (secondary N) is 1. The molecule has 0 bridgehead atoms. The van der Waals surface area contributed by atoms with E-state index in [1.54, 1.807) is 0 Å². The smallest absolute Gasteiger partial charge is 0.227 e. The fraction of sp³-hybridized carbons (Fsp3) is 0.550. The molecule has 5 nitrogen and oxygen atoms in total. The second-order valence-electron chi connectivity index (χ2n) is 7.17. The number of aryl methyl sites for hydroxylation is 2. The summed E-state index contributed by atoms with van der Waals surface area (Å²) in [4.78, 5) is 16.4. The summed E-state index contributed by atoms with van der Waals surface area (Å²) in [5.74, 6) is 1.81. The van der Waals surface area contributed by atoms with E-state index in [0.717, 1.165) is 18.4 Å². The van der Waals surface area contributed by atoms with Gasteiger partial charge in [-0.1, -0.05) is 61.7 Å². The summed E-state index contributed by atoms with van der Waals surface area (Å²) in [5.41, 5.74) is 2.11. The van der Waals surface area contributed by atoms with Gasteiger partial charge in [0.2, 0.25) is 17.6 Å². The lowest BCUT2D eigenvalue weighted by Crippen LogP contribution is -2.32. The first-order valence-electron chi connectivity index (χ1n) is 9.13.